The number of oxazole rings is 1. The molecule has 0 aliphatic heterocycles. The van der Waals surface area contributed by atoms with E-state index in [1.807, 2.05) is 0 Å². The highest BCUT2D eigenvalue weighted by molar-refractivity contribution is 5.60. The van der Waals surface area contributed by atoms with E-state index in [1.54, 1.807) is 0 Å². The van der Waals surface area contributed by atoms with Gasteiger partial charge in [0.15, 0.2) is 12.2 Å². The van der Waals surface area contributed by atoms with E-state index in [-0.39, 0.29) is 5.41 Å². The normalized spacial score (nSPS) is 12.1. The maximum atomic E-state index is 5.58. The first-order chi connectivity index (χ1) is 9.88. The Hall–Kier alpha value is -1.61. The predicted molar refractivity (Wildman–Crippen MR) is 87.2 cm³/mol. The summed E-state index contributed by atoms with van der Waals surface area (Å²) in [4.78, 5) is 4.33. The summed E-state index contributed by atoms with van der Waals surface area (Å²) in [5.74, 6) is 1.50. The molecule has 0 atom stereocenters. The minimum Gasteiger partial charge on any atom is -0.443 e. The van der Waals surface area contributed by atoms with Crippen LogP contribution >= 0.6 is 0 Å². The summed E-state index contributed by atoms with van der Waals surface area (Å²) in [5, 5.41) is 3.41. The van der Waals surface area contributed by atoms with Crippen LogP contribution in [0.5, 0.6) is 0 Å². The number of hydrogen-bond acceptors (Lipinski definition) is 3. The minimum atomic E-state index is 0.168. The van der Waals surface area contributed by atoms with Gasteiger partial charge in [0.05, 0.1) is 0 Å². The molecular formula is C18H26N2O. The van der Waals surface area contributed by atoms with Crippen LogP contribution in [0, 0.1) is 5.92 Å². The summed E-state index contributed by atoms with van der Waals surface area (Å²) in [5.41, 5.74) is 3.55. The molecule has 0 aliphatic rings. The number of nitrogens with one attached hydrogen (secondary N) is 1. The van der Waals surface area contributed by atoms with E-state index in [0.29, 0.717) is 5.92 Å². The largest absolute Gasteiger partial charge is 0.443 e. The van der Waals surface area contributed by atoms with E-state index >= 15 is 0 Å². The molecule has 0 unspecified atom stereocenters. The van der Waals surface area contributed by atoms with Gasteiger partial charge < -0.3 is 9.73 Å². The van der Waals surface area contributed by atoms with E-state index in [4.69, 9.17) is 4.42 Å². The van der Waals surface area contributed by atoms with Gasteiger partial charge in [-0.3, -0.25) is 0 Å². The van der Waals surface area contributed by atoms with Gasteiger partial charge in [-0.15, -0.1) is 0 Å². The molecule has 1 aromatic carbocycles. The summed E-state index contributed by atoms with van der Waals surface area (Å²) in [6.45, 7) is 12.8. The maximum Gasteiger partial charge on any atom is 0.181 e. The van der Waals surface area contributed by atoms with Crippen molar-refractivity contribution in [2.24, 2.45) is 5.92 Å². The van der Waals surface area contributed by atoms with Gasteiger partial charge >= 0.3 is 0 Å². The molecule has 0 saturated carbocycles. The van der Waals surface area contributed by atoms with E-state index < -0.39 is 0 Å². The van der Waals surface area contributed by atoms with E-state index in [2.05, 4.69) is 69.2 Å². The zero-order valence-corrected chi connectivity index (χ0v) is 13.7. The van der Waals surface area contributed by atoms with Crippen molar-refractivity contribution in [3.8, 4) is 11.3 Å². The fourth-order valence-electron chi connectivity index (χ4n) is 2.23. The van der Waals surface area contributed by atoms with Crippen molar-refractivity contribution in [2.45, 2.75) is 46.6 Å². The highest BCUT2D eigenvalue weighted by atomic mass is 16.3. The zero-order chi connectivity index (χ0) is 15.5. The van der Waals surface area contributed by atoms with Crippen LogP contribution < -0.4 is 5.32 Å². The van der Waals surface area contributed by atoms with Crippen molar-refractivity contribution in [2.75, 3.05) is 6.54 Å². The van der Waals surface area contributed by atoms with Crippen molar-refractivity contribution >= 4 is 0 Å². The lowest BCUT2D eigenvalue weighted by molar-refractivity contribution is 0.545. The molecule has 1 heterocycles. The van der Waals surface area contributed by atoms with Crippen molar-refractivity contribution in [1.82, 2.24) is 10.3 Å². The Balaban J connectivity index is 2.13. The summed E-state index contributed by atoms with van der Waals surface area (Å²) < 4.78 is 5.58. The quantitative estimate of drug-likeness (QED) is 0.886. The SMILES string of the molecule is CC(C)CNCc1ncoc1-c1ccc(C(C)(C)C)cc1. The topological polar surface area (TPSA) is 38.1 Å². The third-order valence-corrected chi connectivity index (χ3v) is 3.50. The fourth-order valence-corrected chi connectivity index (χ4v) is 2.23. The smallest absolute Gasteiger partial charge is 0.181 e. The van der Waals surface area contributed by atoms with Crippen LogP contribution in [-0.2, 0) is 12.0 Å². The number of nitrogens with zero attached hydrogens (tertiary/aromatic N) is 1. The molecule has 2 rings (SSSR count). The fraction of sp³-hybridized carbons (Fsp3) is 0.500. The second-order valence-electron chi connectivity index (χ2n) is 6.98. The Kier molecular flexibility index (Phi) is 4.84. The van der Waals surface area contributed by atoms with Crippen LogP contribution in [0.2, 0.25) is 0 Å². The zero-order valence-electron chi connectivity index (χ0n) is 13.7. The van der Waals surface area contributed by atoms with Crippen molar-refractivity contribution in [1.29, 1.82) is 0 Å². The van der Waals surface area contributed by atoms with Crippen molar-refractivity contribution < 1.29 is 4.42 Å². The monoisotopic (exact) mass is 286 g/mol. The number of benzene rings is 1. The Labute approximate surface area is 127 Å². The van der Waals surface area contributed by atoms with Crippen molar-refractivity contribution in [3.63, 3.8) is 0 Å². The van der Waals surface area contributed by atoms with Crippen LogP contribution in [0.4, 0.5) is 0 Å². The van der Waals surface area contributed by atoms with Crippen LogP contribution in [-0.4, -0.2) is 11.5 Å². The molecule has 3 heteroatoms. The first-order valence-electron chi connectivity index (χ1n) is 7.62. The van der Waals surface area contributed by atoms with Crippen LogP contribution in [0.1, 0.15) is 45.9 Å². The molecule has 0 spiro atoms. The van der Waals surface area contributed by atoms with Gasteiger partial charge in [0, 0.05) is 12.1 Å². The standard InChI is InChI=1S/C18H26N2O/c1-13(2)10-19-11-16-17(21-12-20-16)14-6-8-15(9-7-14)18(3,4)5/h6-9,12-13,19H,10-11H2,1-5H3. The summed E-state index contributed by atoms with van der Waals surface area (Å²) in [6, 6.07) is 8.58. The lowest BCUT2D eigenvalue weighted by Gasteiger charge is -2.19. The Morgan fingerprint density at radius 3 is 2.38 bits per heavy atom. The summed E-state index contributed by atoms with van der Waals surface area (Å²) in [6.07, 6.45) is 1.53. The molecule has 114 valence electrons. The molecule has 3 nitrogen and oxygen atoms in total. The van der Waals surface area contributed by atoms with Gasteiger partial charge in [-0.05, 0) is 23.4 Å². The van der Waals surface area contributed by atoms with Gasteiger partial charge in [0.2, 0.25) is 0 Å². The molecule has 0 bridgehead atoms. The number of rotatable bonds is 5. The average molecular weight is 286 g/mol. The molecule has 0 fully saturated rings. The van der Waals surface area contributed by atoms with Gasteiger partial charge in [-0.1, -0.05) is 58.9 Å². The Morgan fingerprint density at radius 2 is 1.81 bits per heavy atom. The molecule has 0 amide bonds. The highest BCUT2D eigenvalue weighted by Gasteiger charge is 2.15. The number of hydrogen-bond donors (Lipinski definition) is 1. The third-order valence-electron chi connectivity index (χ3n) is 3.50. The van der Waals surface area contributed by atoms with E-state index in [0.717, 1.165) is 30.1 Å². The Bertz CT molecular complexity index is 562. The molecule has 1 N–H and O–H groups in total. The molecular weight excluding hydrogens is 260 g/mol. The summed E-state index contributed by atoms with van der Waals surface area (Å²) >= 11 is 0. The van der Waals surface area contributed by atoms with Gasteiger partial charge in [-0.25, -0.2) is 4.98 Å². The molecule has 0 saturated heterocycles. The highest BCUT2D eigenvalue weighted by Crippen LogP contribution is 2.27. The summed E-state index contributed by atoms with van der Waals surface area (Å²) in [7, 11) is 0. The van der Waals surface area contributed by atoms with Gasteiger partial charge in [-0.2, -0.15) is 0 Å². The molecule has 2 aromatic rings. The molecule has 0 aliphatic carbocycles. The van der Waals surface area contributed by atoms with Crippen LogP contribution in [0.3, 0.4) is 0 Å². The van der Waals surface area contributed by atoms with E-state index in [9.17, 15) is 0 Å². The van der Waals surface area contributed by atoms with Gasteiger partial charge in [0.25, 0.3) is 0 Å². The lowest BCUT2D eigenvalue weighted by Crippen LogP contribution is -2.19. The minimum absolute atomic E-state index is 0.168. The predicted octanol–water partition coefficient (Wildman–Crippen LogP) is 4.38. The first-order valence-corrected chi connectivity index (χ1v) is 7.62. The van der Waals surface area contributed by atoms with E-state index in [1.165, 1.54) is 12.0 Å². The average Bonchev–Trinajstić information content (AvgIpc) is 2.86. The lowest BCUT2D eigenvalue weighted by atomic mass is 9.86. The maximum absolute atomic E-state index is 5.58. The molecule has 0 radical (unpaired) electrons. The third kappa shape index (κ3) is 4.18. The number of aromatic nitrogens is 1. The van der Waals surface area contributed by atoms with Crippen molar-refractivity contribution in [3.05, 3.63) is 41.9 Å². The Morgan fingerprint density at radius 1 is 1.14 bits per heavy atom. The first kappa shape index (κ1) is 15.8. The molecule has 21 heavy (non-hydrogen) atoms. The molecule has 1 aromatic heterocycles. The van der Waals surface area contributed by atoms with Gasteiger partial charge in [0.1, 0.15) is 5.69 Å². The second-order valence-corrected chi connectivity index (χ2v) is 6.98. The van der Waals surface area contributed by atoms with Crippen LogP contribution in [0.15, 0.2) is 35.1 Å². The van der Waals surface area contributed by atoms with Crippen LogP contribution in [0.25, 0.3) is 11.3 Å². The second kappa shape index (κ2) is 6.44.